The van der Waals surface area contributed by atoms with Crippen LogP contribution >= 0.6 is 0 Å². The van der Waals surface area contributed by atoms with Crippen molar-refractivity contribution in [3.05, 3.63) is 18.3 Å². The fourth-order valence-corrected chi connectivity index (χ4v) is 0.529. The van der Waals surface area contributed by atoms with Gasteiger partial charge in [-0.3, -0.25) is 0 Å². The lowest BCUT2D eigenvalue weighted by Crippen LogP contribution is -2.21. The first-order valence-corrected chi connectivity index (χ1v) is 2.52. The van der Waals surface area contributed by atoms with Crippen molar-refractivity contribution in [2.75, 3.05) is 0 Å². The second kappa shape index (κ2) is 2.21. The van der Waals surface area contributed by atoms with Gasteiger partial charge in [0.25, 0.3) is 0 Å². The Bertz CT molecular complexity index is 195. The van der Waals surface area contributed by atoms with Gasteiger partial charge in [0.05, 0.1) is 0 Å². The number of aromatic nitrogens is 1. The van der Waals surface area contributed by atoms with Crippen LogP contribution in [0.25, 0.3) is 0 Å². The number of nitrogens with one attached hydrogen (secondary N) is 1. The van der Waals surface area contributed by atoms with E-state index >= 15 is 0 Å². The Morgan fingerprint density at radius 3 is 2.78 bits per heavy atom. The zero-order chi connectivity index (χ0) is 6.69. The van der Waals surface area contributed by atoms with Crippen LogP contribution in [0.5, 0.6) is 0 Å². The van der Waals surface area contributed by atoms with Gasteiger partial charge in [-0.2, -0.15) is 4.99 Å². The van der Waals surface area contributed by atoms with Crippen molar-refractivity contribution in [1.29, 1.82) is 0 Å². The molecular formula is C5H8N4. The monoisotopic (exact) mass is 124 g/mol. The number of rotatable bonds is 1. The van der Waals surface area contributed by atoms with Gasteiger partial charge in [0.1, 0.15) is 5.82 Å². The molecule has 1 aromatic rings. The second-order valence-electron chi connectivity index (χ2n) is 1.59. The van der Waals surface area contributed by atoms with Crippen molar-refractivity contribution in [1.82, 2.24) is 4.98 Å². The minimum atomic E-state index is 0.0671. The van der Waals surface area contributed by atoms with E-state index in [0.717, 1.165) is 0 Å². The van der Waals surface area contributed by atoms with Crippen molar-refractivity contribution < 1.29 is 0 Å². The molecule has 9 heavy (non-hydrogen) atoms. The normalized spacial score (nSPS) is 8.89. The van der Waals surface area contributed by atoms with E-state index in [1.165, 1.54) is 0 Å². The first-order valence-electron chi connectivity index (χ1n) is 2.52. The van der Waals surface area contributed by atoms with Crippen LogP contribution in [0.1, 0.15) is 0 Å². The van der Waals surface area contributed by atoms with E-state index in [1.807, 2.05) is 6.07 Å². The molecule has 0 saturated carbocycles. The zero-order valence-electron chi connectivity index (χ0n) is 4.83. The second-order valence-corrected chi connectivity index (χ2v) is 1.59. The highest BCUT2D eigenvalue weighted by atomic mass is 15.0. The van der Waals surface area contributed by atoms with Gasteiger partial charge >= 0.3 is 0 Å². The summed E-state index contributed by atoms with van der Waals surface area (Å²) < 4.78 is 0. The quantitative estimate of drug-likeness (QED) is 0.361. The maximum atomic E-state index is 5.09. The predicted molar refractivity (Wildman–Crippen MR) is 36.3 cm³/mol. The molecular weight excluding hydrogens is 116 g/mol. The molecule has 0 amide bonds. The first-order chi connectivity index (χ1) is 4.29. The summed E-state index contributed by atoms with van der Waals surface area (Å²) in [6.07, 6.45) is 1.75. The van der Waals surface area contributed by atoms with E-state index < -0.39 is 0 Å². The first kappa shape index (κ1) is 5.68. The van der Waals surface area contributed by atoms with Crippen molar-refractivity contribution in [2.24, 2.45) is 16.5 Å². The Morgan fingerprint density at radius 1 is 1.56 bits per heavy atom. The van der Waals surface area contributed by atoms with Crippen LogP contribution < -0.4 is 11.5 Å². The molecule has 0 saturated heterocycles. The van der Waals surface area contributed by atoms with Crippen LogP contribution in [0.15, 0.2) is 23.3 Å². The van der Waals surface area contributed by atoms with E-state index in [9.17, 15) is 0 Å². The molecule has 1 aromatic heterocycles. The lowest BCUT2D eigenvalue weighted by Gasteiger charge is -1.86. The van der Waals surface area contributed by atoms with Gasteiger partial charge in [-0.25, -0.2) is 0 Å². The average molecular weight is 124 g/mol. The maximum absolute atomic E-state index is 5.09. The molecule has 1 rings (SSSR count). The summed E-state index contributed by atoms with van der Waals surface area (Å²) in [6.45, 7) is 0. The minimum absolute atomic E-state index is 0.0671. The lowest BCUT2D eigenvalue weighted by molar-refractivity contribution is 1.31. The third-order valence-electron chi connectivity index (χ3n) is 0.831. The Hall–Kier alpha value is -1.45. The summed E-state index contributed by atoms with van der Waals surface area (Å²) in [4.78, 5) is 6.56. The van der Waals surface area contributed by atoms with E-state index in [0.29, 0.717) is 5.82 Å². The summed E-state index contributed by atoms with van der Waals surface area (Å²) >= 11 is 0. The van der Waals surface area contributed by atoms with Crippen LogP contribution in [-0.2, 0) is 0 Å². The summed E-state index contributed by atoms with van der Waals surface area (Å²) in [6, 6.07) is 3.60. The Morgan fingerprint density at radius 2 is 2.33 bits per heavy atom. The number of guanidine groups is 1. The molecule has 0 aromatic carbocycles. The molecule has 0 bridgehead atoms. The van der Waals surface area contributed by atoms with Crippen LogP contribution in [0.2, 0.25) is 0 Å². The van der Waals surface area contributed by atoms with Gasteiger partial charge in [-0.15, -0.1) is 0 Å². The van der Waals surface area contributed by atoms with Crippen LogP contribution in [0.4, 0.5) is 5.82 Å². The van der Waals surface area contributed by atoms with Crippen molar-refractivity contribution in [3.63, 3.8) is 0 Å². The highest BCUT2D eigenvalue weighted by Gasteiger charge is 1.84. The number of aliphatic imine (C=N–C) groups is 1. The molecule has 1 heterocycles. The van der Waals surface area contributed by atoms with E-state index in [2.05, 4.69) is 9.98 Å². The van der Waals surface area contributed by atoms with Gasteiger partial charge in [0.15, 0.2) is 5.96 Å². The van der Waals surface area contributed by atoms with Gasteiger partial charge in [-0.1, -0.05) is 0 Å². The number of hydrogen-bond donors (Lipinski definition) is 3. The average Bonchev–Trinajstić information content (AvgIpc) is 2.15. The third-order valence-corrected chi connectivity index (χ3v) is 0.831. The van der Waals surface area contributed by atoms with Gasteiger partial charge in [-0.05, 0) is 12.1 Å². The summed E-state index contributed by atoms with van der Waals surface area (Å²) in [5, 5.41) is 0. The molecule has 0 radical (unpaired) electrons. The predicted octanol–water partition coefficient (Wildman–Crippen LogP) is -0.0804. The molecule has 0 atom stereocenters. The molecule has 4 heteroatoms. The topological polar surface area (TPSA) is 80.2 Å². The van der Waals surface area contributed by atoms with Gasteiger partial charge in [0.2, 0.25) is 0 Å². The molecule has 0 spiro atoms. The molecule has 0 fully saturated rings. The highest BCUT2D eigenvalue weighted by molar-refractivity contribution is 5.78. The highest BCUT2D eigenvalue weighted by Crippen LogP contribution is 2.03. The number of H-pyrrole nitrogens is 1. The molecule has 4 nitrogen and oxygen atoms in total. The van der Waals surface area contributed by atoms with E-state index in [1.54, 1.807) is 12.3 Å². The summed E-state index contributed by atoms with van der Waals surface area (Å²) in [7, 11) is 0. The third kappa shape index (κ3) is 1.49. The van der Waals surface area contributed by atoms with Gasteiger partial charge in [0, 0.05) is 6.20 Å². The molecule has 0 unspecified atom stereocenters. The Kier molecular flexibility index (Phi) is 1.40. The largest absolute Gasteiger partial charge is 0.370 e. The van der Waals surface area contributed by atoms with Crippen molar-refractivity contribution in [3.8, 4) is 0 Å². The fraction of sp³-hybridized carbons (Fsp3) is 0. The molecule has 0 aliphatic carbocycles. The fourth-order valence-electron chi connectivity index (χ4n) is 0.529. The smallest absolute Gasteiger partial charge is 0.192 e. The molecule has 5 N–H and O–H groups in total. The standard InChI is InChI=1S/C5H8N4/c6-5(7)9-4-2-1-3-8-4/h1-3,8H,(H4,6,7,9). The van der Waals surface area contributed by atoms with Crippen LogP contribution in [0.3, 0.4) is 0 Å². The Balaban J connectivity index is 2.80. The number of nitrogens with two attached hydrogens (primary N) is 2. The lowest BCUT2D eigenvalue weighted by atomic mass is 10.6. The van der Waals surface area contributed by atoms with Crippen LogP contribution in [0, 0.1) is 0 Å². The van der Waals surface area contributed by atoms with Crippen molar-refractivity contribution >= 4 is 11.8 Å². The maximum Gasteiger partial charge on any atom is 0.192 e. The van der Waals surface area contributed by atoms with E-state index in [-0.39, 0.29) is 5.96 Å². The van der Waals surface area contributed by atoms with E-state index in [4.69, 9.17) is 11.5 Å². The van der Waals surface area contributed by atoms with Gasteiger partial charge < -0.3 is 16.5 Å². The Labute approximate surface area is 52.6 Å². The number of aromatic amines is 1. The molecule has 0 aliphatic rings. The summed E-state index contributed by atoms with van der Waals surface area (Å²) in [5.41, 5.74) is 10.2. The molecule has 0 aliphatic heterocycles. The summed E-state index contributed by atoms with van der Waals surface area (Å²) in [5.74, 6) is 0.743. The minimum Gasteiger partial charge on any atom is -0.370 e. The van der Waals surface area contributed by atoms with Crippen molar-refractivity contribution in [2.45, 2.75) is 0 Å². The number of nitrogens with zero attached hydrogens (tertiary/aromatic N) is 1. The van der Waals surface area contributed by atoms with Crippen LogP contribution in [-0.4, -0.2) is 10.9 Å². The SMILES string of the molecule is NC(N)=Nc1ccc[nH]1. The zero-order valence-corrected chi connectivity index (χ0v) is 4.83. The molecule has 48 valence electrons. The number of hydrogen-bond acceptors (Lipinski definition) is 1.